The molecule has 0 unspecified atom stereocenters. The molecule has 21 heavy (non-hydrogen) atoms. The van der Waals surface area contributed by atoms with Crippen LogP contribution in [0.4, 0.5) is 5.69 Å². The minimum absolute atomic E-state index is 0.413. The maximum absolute atomic E-state index is 5.92. The van der Waals surface area contributed by atoms with Crippen molar-refractivity contribution in [3.05, 3.63) is 59.2 Å². The largest absolute Gasteiger partial charge is 0.497 e. The van der Waals surface area contributed by atoms with Gasteiger partial charge in [0.05, 0.1) is 13.7 Å². The molecule has 4 heteroatoms. The van der Waals surface area contributed by atoms with Crippen molar-refractivity contribution in [1.29, 1.82) is 0 Å². The van der Waals surface area contributed by atoms with Crippen LogP contribution in [-0.4, -0.2) is 13.1 Å². The molecule has 0 aromatic heterocycles. The summed E-state index contributed by atoms with van der Waals surface area (Å²) >= 11 is 0. The fourth-order valence-electron chi connectivity index (χ4n) is 2.14. The summed E-state index contributed by atoms with van der Waals surface area (Å²) in [7, 11) is 1.65. The number of hydrogen-bond donors (Lipinski definition) is 2. The zero-order chi connectivity index (χ0) is 15.2. The lowest BCUT2D eigenvalue weighted by atomic mass is 10.1. The van der Waals surface area contributed by atoms with Crippen LogP contribution in [0.1, 0.15) is 16.7 Å². The molecule has 2 rings (SSSR count). The van der Waals surface area contributed by atoms with Crippen molar-refractivity contribution in [2.75, 3.05) is 12.4 Å². The molecule has 0 saturated carbocycles. The summed E-state index contributed by atoms with van der Waals surface area (Å²) < 4.78 is 5.12. The summed E-state index contributed by atoms with van der Waals surface area (Å²) in [5.74, 6) is 1.25. The Bertz CT molecular complexity index is 613. The van der Waals surface area contributed by atoms with Crippen LogP contribution in [0.3, 0.4) is 0 Å². The van der Waals surface area contributed by atoms with E-state index in [1.165, 1.54) is 11.1 Å². The number of rotatable bonds is 4. The highest BCUT2D eigenvalue weighted by atomic mass is 16.5. The molecular weight excluding hydrogens is 262 g/mol. The van der Waals surface area contributed by atoms with E-state index in [0.29, 0.717) is 12.5 Å². The summed E-state index contributed by atoms with van der Waals surface area (Å²) in [6.07, 6.45) is 0. The van der Waals surface area contributed by atoms with E-state index < -0.39 is 0 Å². The van der Waals surface area contributed by atoms with Gasteiger partial charge in [0, 0.05) is 5.69 Å². The molecule has 0 bridgehead atoms. The second-order valence-corrected chi connectivity index (χ2v) is 5.05. The van der Waals surface area contributed by atoms with Gasteiger partial charge in [0.2, 0.25) is 0 Å². The maximum Gasteiger partial charge on any atom is 0.193 e. The van der Waals surface area contributed by atoms with Crippen LogP contribution in [0.25, 0.3) is 0 Å². The number of aliphatic imine (C=N–C) groups is 1. The molecule has 4 nitrogen and oxygen atoms in total. The first kappa shape index (κ1) is 14.9. The molecule has 3 N–H and O–H groups in total. The Labute approximate surface area is 125 Å². The summed E-state index contributed by atoms with van der Waals surface area (Å²) in [4.78, 5) is 4.35. The Morgan fingerprint density at radius 2 is 1.71 bits per heavy atom. The normalized spacial score (nSPS) is 11.3. The van der Waals surface area contributed by atoms with Gasteiger partial charge < -0.3 is 15.8 Å². The number of aryl methyl sites for hydroxylation is 2. The summed E-state index contributed by atoms with van der Waals surface area (Å²) in [6.45, 7) is 4.65. The molecule has 110 valence electrons. The summed E-state index contributed by atoms with van der Waals surface area (Å²) in [5, 5.41) is 3.12. The SMILES string of the molecule is COc1ccc(CN=C(N)Nc2cc(C)cc(C)c2)cc1. The van der Waals surface area contributed by atoms with Gasteiger partial charge in [-0.2, -0.15) is 0 Å². The molecule has 0 aliphatic rings. The van der Waals surface area contributed by atoms with E-state index >= 15 is 0 Å². The molecule has 2 aromatic carbocycles. The third-order valence-corrected chi connectivity index (χ3v) is 3.09. The lowest BCUT2D eigenvalue weighted by Crippen LogP contribution is -2.22. The van der Waals surface area contributed by atoms with Gasteiger partial charge in [-0.25, -0.2) is 4.99 Å². The van der Waals surface area contributed by atoms with E-state index in [4.69, 9.17) is 10.5 Å². The number of benzene rings is 2. The van der Waals surface area contributed by atoms with Gasteiger partial charge in [-0.3, -0.25) is 0 Å². The van der Waals surface area contributed by atoms with Gasteiger partial charge in [-0.1, -0.05) is 18.2 Å². The number of nitrogens with zero attached hydrogens (tertiary/aromatic N) is 1. The Balaban J connectivity index is 2.00. The van der Waals surface area contributed by atoms with E-state index in [9.17, 15) is 0 Å². The van der Waals surface area contributed by atoms with Gasteiger partial charge in [0.15, 0.2) is 5.96 Å². The van der Waals surface area contributed by atoms with Crippen LogP contribution in [0, 0.1) is 13.8 Å². The number of anilines is 1. The third kappa shape index (κ3) is 4.53. The fourth-order valence-corrected chi connectivity index (χ4v) is 2.14. The zero-order valence-corrected chi connectivity index (χ0v) is 12.7. The van der Waals surface area contributed by atoms with Gasteiger partial charge >= 0.3 is 0 Å². The highest BCUT2D eigenvalue weighted by Crippen LogP contribution is 2.14. The number of ether oxygens (including phenoxy) is 1. The molecule has 0 saturated heterocycles. The first-order chi connectivity index (χ1) is 10.1. The predicted octanol–water partition coefficient (Wildman–Crippen LogP) is 3.24. The van der Waals surface area contributed by atoms with Crippen molar-refractivity contribution in [2.24, 2.45) is 10.7 Å². The van der Waals surface area contributed by atoms with Crippen molar-refractivity contribution in [3.8, 4) is 5.75 Å². The molecule has 0 amide bonds. The minimum Gasteiger partial charge on any atom is -0.497 e. The number of nitrogens with two attached hydrogens (primary N) is 1. The topological polar surface area (TPSA) is 59.6 Å². The first-order valence-electron chi connectivity index (χ1n) is 6.85. The first-order valence-corrected chi connectivity index (χ1v) is 6.85. The van der Waals surface area contributed by atoms with Crippen LogP contribution < -0.4 is 15.8 Å². The predicted molar refractivity (Wildman–Crippen MR) is 87.9 cm³/mol. The molecule has 2 aromatic rings. The van der Waals surface area contributed by atoms with E-state index in [2.05, 4.69) is 30.2 Å². The fraction of sp³-hybridized carbons (Fsp3) is 0.235. The van der Waals surface area contributed by atoms with Crippen molar-refractivity contribution in [1.82, 2.24) is 0 Å². The monoisotopic (exact) mass is 283 g/mol. The average Bonchev–Trinajstić information content (AvgIpc) is 2.44. The summed E-state index contributed by atoms with van der Waals surface area (Å²) in [5.41, 5.74) is 10.4. The lowest BCUT2D eigenvalue weighted by molar-refractivity contribution is 0.414. The molecule has 0 radical (unpaired) electrons. The third-order valence-electron chi connectivity index (χ3n) is 3.09. The van der Waals surface area contributed by atoms with E-state index in [1.54, 1.807) is 7.11 Å². The number of nitrogens with one attached hydrogen (secondary N) is 1. The van der Waals surface area contributed by atoms with Crippen LogP contribution >= 0.6 is 0 Å². The maximum atomic E-state index is 5.92. The Morgan fingerprint density at radius 1 is 1.10 bits per heavy atom. The Morgan fingerprint density at radius 3 is 2.29 bits per heavy atom. The second kappa shape index (κ2) is 6.79. The van der Waals surface area contributed by atoms with E-state index in [-0.39, 0.29) is 0 Å². The molecule has 0 aliphatic carbocycles. The summed E-state index contributed by atoms with van der Waals surface area (Å²) in [6, 6.07) is 14.0. The van der Waals surface area contributed by atoms with Gasteiger partial charge in [-0.05, 0) is 54.8 Å². The Hall–Kier alpha value is -2.49. The van der Waals surface area contributed by atoms with E-state index in [1.807, 2.05) is 36.4 Å². The highest BCUT2D eigenvalue weighted by molar-refractivity contribution is 5.92. The average molecular weight is 283 g/mol. The lowest BCUT2D eigenvalue weighted by Gasteiger charge is -2.08. The number of methoxy groups -OCH3 is 1. The zero-order valence-electron chi connectivity index (χ0n) is 12.7. The van der Waals surface area contributed by atoms with Crippen LogP contribution in [0.2, 0.25) is 0 Å². The van der Waals surface area contributed by atoms with Crippen LogP contribution in [-0.2, 0) is 6.54 Å². The second-order valence-electron chi connectivity index (χ2n) is 5.05. The molecular formula is C17H21N3O. The quantitative estimate of drug-likeness (QED) is 0.669. The number of hydrogen-bond acceptors (Lipinski definition) is 2. The van der Waals surface area contributed by atoms with Crippen LogP contribution in [0.5, 0.6) is 5.75 Å². The van der Waals surface area contributed by atoms with Crippen molar-refractivity contribution < 1.29 is 4.74 Å². The molecule has 0 heterocycles. The smallest absolute Gasteiger partial charge is 0.193 e. The molecule has 0 aliphatic heterocycles. The molecule has 0 atom stereocenters. The van der Waals surface area contributed by atoms with Crippen molar-refractivity contribution >= 4 is 11.6 Å². The van der Waals surface area contributed by atoms with E-state index in [0.717, 1.165) is 17.0 Å². The van der Waals surface area contributed by atoms with Gasteiger partial charge in [-0.15, -0.1) is 0 Å². The van der Waals surface area contributed by atoms with Crippen molar-refractivity contribution in [2.45, 2.75) is 20.4 Å². The molecule has 0 spiro atoms. The highest BCUT2D eigenvalue weighted by Gasteiger charge is 1.98. The van der Waals surface area contributed by atoms with Crippen LogP contribution in [0.15, 0.2) is 47.5 Å². The number of guanidine groups is 1. The Kier molecular flexibility index (Phi) is 4.82. The van der Waals surface area contributed by atoms with Gasteiger partial charge in [0.1, 0.15) is 5.75 Å². The van der Waals surface area contributed by atoms with Crippen molar-refractivity contribution in [3.63, 3.8) is 0 Å². The molecule has 0 fully saturated rings. The standard InChI is InChI=1S/C17H21N3O/c1-12-8-13(2)10-15(9-12)20-17(18)19-11-14-4-6-16(21-3)7-5-14/h4-10H,11H2,1-3H3,(H3,18,19,20). The van der Waals surface area contributed by atoms with Gasteiger partial charge in [0.25, 0.3) is 0 Å². The minimum atomic E-state index is 0.413.